The highest BCUT2D eigenvalue weighted by Crippen LogP contribution is 2.43. The number of hydrogen-bond donors (Lipinski definition) is 0. The molecule has 0 amide bonds. The lowest BCUT2D eigenvalue weighted by Gasteiger charge is -2.37. The molecule has 240 valence electrons. The predicted molar refractivity (Wildman–Crippen MR) is 144 cm³/mol. The maximum atomic E-state index is 15.1. The normalized spacial score (nSPS) is 23.3. The van der Waals surface area contributed by atoms with Gasteiger partial charge in [-0.25, -0.2) is 13.2 Å². The second kappa shape index (κ2) is 14.5. The van der Waals surface area contributed by atoms with Gasteiger partial charge < -0.3 is 14.2 Å². The molecule has 11 heteroatoms. The van der Waals surface area contributed by atoms with Crippen molar-refractivity contribution in [3.05, 3.63) is 58.9 Å². The van der Waals surface area contributed by atoms with Gasteiger partial charge in [-0.05, 0) is 125 Å². The Labute approximate surface area is 246 Å². The molecule has 0 radical (unpaired) electrons. The number of halogens is 8. The van der Waals surface area contributed by atoms with E-state index in [9.17, 15) is 26.3 Å². The highest BCUT2D eigenvalue weighted by atomic mass is 19.4. The minimum atomic E-state index is -5.21. The lowest BCUT2D eigenvalue weighted by molar-refractivity contribution is -0.302. The summed E-state index contributed by atoms with van der Waals surface area (Å²) in [6, 6.07) is 6.49. The van der Waals surface area contributed by atoms with Crippen LogP contribution in [0.15, 0.2) is 30.3 Å². The van der Waals surface area contributed by atoms with Crippen molar-refractivity contribution in [1.82, 2.24) is 0 Å². The quantitative estimate of drug-likeness (QED) is 0.221. The van der Waals surface area contributed by atoms with Crippen molar-refractivity contribution < 1.29 is 49.3 Å². The van der Waals surface area contributed by atoms with Gasteiger partial charge >= 0.3 is 12.5 Å². The van der Waals surface area contributed by atoms with Crippen LogP contribution < -0.4 is 9.47 Å². The van der Waals surface area contributed by atoms with Crippen LogP contribution in [0, 0.1) is 35.2 Å². The Morgan fingerprint density at radius 1 is 0.721 bits per heavy atom. The zero-order valence-corrected chi connectivity index (χ0v) is 24.1. The van der Waals surface area contributed by atoms with Gasteiger partial charge in [0.25, 0.3) is 0 Å². The number of alkyl halides is 5. The zero-order chi connectivity index (χ0) is 31.2. The van der Waals surface area contributed by atoms with E-state index in [0.29, 0.717) is 82.1 Å². The Kier molecular flexibility index (Phi) is 11.2. The smallest absolute Gasteiger partial charge is 0.494 e. The highest BCUT2D eigenvalue weighted by molar-refractivity contribution is 5.32. The standard InChI is InChI=1S/C32H38F8O3/c1-2-41-26-16-11-23(27(33)19-26)10-5-21-6-12-24(13-7-21)31(36,37)42-25-14-8-20(9-15-25)3-4-22-17-28(34)30(29(35)18-22)43-32(38,39)40/h11,16-21,24-25H,2-10,12-15H2,1H3. The van der Waals surface area contributed by atoms with Crippen molar-refractivity contribution in [1.29, 1.82) is 0 Å². The van der Waals surface area contributed by atoms with Gasteiger partial charge in [-0.15, -0.1) is 13.2 Å². The summed E-state index contributed by atoms with van der Waals surface area (Å²) in [5, 5.41) is 0. The molecule has 2 aliphatic rings. The monoisotopic (exact) mass is 622 g/mol. The molecule has 0 N–H and O–H groups in total. The lowest BCUT2D eigenvalue weighted by Crippen LogP contribution is -2.39. The molecule has 2 aromatic carbocycles. The third kappa shape index (κ3) is 9.71. The van der Waals surface area contributed by atoms with Crippen molar-refractivity contribution in [2.24, 2.45) is 17.8 Å². The van der Waals surface area contributed by atoms with Gasteiger partial charge in [0, 0.05) is 6.07 Å². The average Bonchev–Trinajstić information content (AvgIpc) is 2.94. The molecule has 2 aromatic rings. The second-order valence-corrected chi connectivity index (χ2v) is 11.7. The molecule has 2 fully saturated rings. The molecule has 0 saturated heterocycles. The molecule has 2 saturated carbocycles. The van der Waals surface area contributed by atoms with Crippen molar-refractivity contribution >= 4 is 0 Å². The molecule has 0 atom stereocenters. The van der Waals surface area contributed by atoms with Crippen LogP contribution in [0.4, 0.5) is 35.1 Å². The Balaban J connectivity index is 1.17. The van der Waals surface area contributed by atoms with Gasteiger partial charge in [-0.2, -0.15) is 8.78 Å². The van der Waals surface area contributed by atoms with E-state index in [1.807, 2.05) is 6.92 Å². The van der Waals surface area contributed by atoms with Crippen molar-refractivity contribution in [2.75, 3.05) is 6.61 Å². The molecule has 2 aliphatic carbocycles. The van der Waals surface area contributed by atoms with E-state index in [1.54, 1.807) is 12.1 Å². The summed E-state index contributed by atoms with van der Waals surface area (Å²) in [6.45, 7) is 2.28. The Morgan fingerprint density at radius 3 is 1.86 bits per heavy atom. The fourth-order valence-corrected chi connectivity index (χ4v) is 6.33. The molecule has 0 spiro atoms. The SMILES string of the molecule is CCOc1ccc(CCC2CCC(C(F)(F)OC3CCC(CCc4cc(F)c(OC(F)(F)F)c(F)c4)CC3)CC2)c(F)c1. The van der Waals surface area contributed by atoms with E-state index in [4.69, 9.17) is 9.47 Å². The summed E-state index contributed by atoms with van der Waals surface area (Å²) in [7, 11) is 0. The summed E-state index contributed by atoms with van der Waals surface area (Å²) < 4.78 is 124. The third-order valence-electron chi connectivity index (χ3n) is 8.71. The first-order chi connectivity index (χ1) is 20.3. The van der Waals surface area contributed by atoms with Crippen molar-refractivity contribution in [3.63, 3.8) is 0 Å². The van der Waals surface area contributed by atoms with Crippen LogP contribution in [0.1, 0.15) is 82.3 Å². The predicted octanol–water partition coefficient (Wildman–Crippen LogP) is 9.94. The minimum Gasteiger partial charge on any atom is -0.494 e. The van der Waals surface area contributed by atoms with Crippen LogP contribution >= 0.6 is 0 Å². The van der Waals surface area contributed by atoms with Gasteiger partial charge in [0.1, 0.15) is 11.6 Å². The average molecular weight is 623 g/mol. The third-order valence-corrected chi connectivity index (χ3v) is 8.71. The molecule has 0 aliphatic heterocycles. The summed E-state index contributed by atoms with van der Waals surface area (Å²) in [5.74, 6) is -4.65. The van der Waals surface area contributed by atoms with E-state index in [2.05, 4.69) is 4.74 Å². The summed E-state index contributed by atoms with van der Waals surface area (Å²) in [6.07, 6.45) is -2.94. The lowest BCUT2D eigenvalue weighted by atomic mass is 9.78. The van der Waals surface area contributed by atoms with Crippen LogP contribution in [-0.4, -0.2) is 25.2 Å². The van der Waals surface area contributed by atoms with Gasteiger partial charge in [0.05, 0.1) is 18.6 Å². The van der Waals surface area contributed by atoms with Gasteiger partial charge in [0.15, 0.2) is 11.6 Å². The summed E-state index contributed by atoms with van der Waals surface area (Å²) in [5.41, 5.74) is 0.803. The summed E-state index contributed by atoms with van der Waals surface area (Å²) in [4.78, 5) is 0. The Hall–Kier alpha value is -2.56. The van der Waals surface area contributed by atoms with Gasteiger partial charge in [-0.3, -0.25) is 0 Å². The fraction of sp³-hybridized carbons (Fsp3) is 0.625. The van der Waals surface area contributed by atoms with Crippen molar-refractivity contribution in [2.45, 2.75) is 103 Å². The number of benzene rings is 2. The van der Waals surface area contributed by atoms with Gasteiger partial charge in [-0.1, -0.05) is 6.07 Å². The Morgan fingerprint density at radius 2 is 1.30 bits per heavy atom. The first-order valence-electron chi connectivity index (χ1n) is 15.0. The topological polar surface area (TPSA) is 27.7 Å². The molecule has 4 rings (SSSR count). The number of ether oxygens (including phenoxy) is 3. The largest absolute Gasteiger partial charge is 0.573 e. The van der Waals surface area contributed by atoms with Crippen LogP contribution in [-0.2, 0) is 17.6 Å². The number of hydrogen-bond acceptors (Lipinski definition) is 3. The van der Waals surface area contributed by atoms with Crippen LogP contribution in [0.3, 0.4) is 0 Å². The highest BCUT2D eigenvalue weighted by Gasteiger charge is 2.44. The van der Waals surface area contributed by atoms with E-state index >= 15 is 8.78 Å². The van der Waals surface area contributed by atoms with Crippen molar-refractivity contribution in [3.8, 4) is 11.5 Å². The molecule has 0 aromatic heterocycles. The molecular weight excluding hydrogens is 584 g/mol. The zero-order valence-electron chi connectivity index (χ0n) is 24.1. The van der Waals surface area contributed by atoms with E-state index in [0.717, 1.165) is 18.6 Å². The molecule has 3 nitrogen and oxygen atoms in total. The van der Waals surface area contributed by atoms with E-state index in [1.165, 1.54) is 6.07 Å². The van der Waals surface area contributed by atoms with Gasteiger partial charge in [0.2, 0.25) is 5.75 Å². The van der Waals surface area contributed by atoms with Crippen LogP contribution in [0.25, 0.3) is 0 Å². The maximum Gasteiger partial charge on any atom is 0.573 e. The molecule has 0 heterocycles. The first-order valence-corrected chi connectivity index (χ1v) is 15.0. The number of aryl methyl sites for hydroxylation is 2. The molecule has 0 unspecified atom stereocenters. The van der Waals surface area contributed by atoms with E-state index in [-0.39, 0.29) is 29.6 Å². The molecule has 43 heavy (non-hydrogen) atoms. The molecular formula is C32H38F8O3. The van der Waals surface area contributed by atoms with Crippen LogP contribution in [0.5, 0.6) is 11.5 Å². The van der Waals surface area contributed by atoms with Crippen LogP contribution in [0.2, 0.25) is 0 Å². The Bertz CT molecular complexity index is 1160. The first kappa shape index (κ1) is 33.3. The maximum absolute atomic E-state index is 15.1. The summed E-state index contributed by atoms with van der Waals surface area (Å²) >= 11 is 0. The fourth-order valence-electron chi connectivity index (χ4n) is 6.33. The minimum absolute atomic E-state index is 0.126. The molecule has 0 bridgehead atoms. The number of rotatable bonds is 12. The second-order valence-electron chi connectivity index (χ2n) is 11.7. The van der Waals surface area contributed by atoms with E-state index < -0.39 is 41.9 Å².